The van der Waals surface area contributed by atoms with E-state index in [4.69, 9.17) is 0 Å². The fourth-order valence-corrected chi connectivity index (χ4v) is 4.88. The highest BCUT2D eigenvalue weighted by molar-refractivity contribution is 8.00. The molecule has 3 rings (SSSR count). The van der Waals surface area contributed by atoms with Crippen LogP contribution in [-0.4, -0.2) is 33.7 Å². The van der Waals surface area contributed by atoms with Crippen LogP contribution in [0.5, 0.6) is 0 Å². The van der Waals surface area contributed by atoms with Gasteiger partial charge in [-0.2, -0.15) is 0 Å². The van der Waals surface area contributed by atoms with E-state index in [-0.39, 0.29) is 17.7 Å². The molecule has 0 saturated carbocycles. The first-order chi connectivity index (χ1) is 11.5. The fourth-order valence-electron chi connectivity index (χ4n) is 2.77. The highest BCUT2D eigenvalue weighted by Gasteiger charge is 2.20. The predicted molar refractivity (Wildman–Crippen MR) is 96.6 cm³/mol. The van der Waals surface area contributed by atoms with Gasteiger partial charge in [0.25, 0.3) is 0 Å². The molecule has 8 heteroatoms. The lowest BCUT2D eigenvalue weighted by Crippen LogP contribution is -2.43. The van der Waals surface area contributed by atoms with Crippen molar-refractivity contribution in [2.75, 3.05) is 5.75 Å². The Morgan fingerprint density at radius 1 is 1.29 bits per heavy atom. The molecule has 2 aromatic rings. The van der Waals surface area contributed by atoms with Gasteiger partial charge in [0.05, 0.1) is 5.75 Å². The van der Waals surface area contributed by atoms with Gasteiger partial charge in [-0.15, -0.1) is 11.3 Å². The van der Waals surface area contributed by atoms with Crippen molar-refractivity contribution in [2.24, 2.45) is 0 Å². The average Bonchev–Trinajstić information content (AvgIpc) is 2.91. The summed E-state index contributed by atoms with van der Waals surface area (Å²) in [6, 6.07) is -0.472. The molecule has 0 bridgehead atoms. The SMILES string of the molecule is CC(C)NC(=O)NC(=O)CSc1ncnc2sc3c(c12)CCCC3. The lowest BCUT2D eigenvalue weighted by molar-refractivity contribution is -0.117. The van der Waals surface area contributed by atoms with Crippen LogP contribution in [0.15, 0.2) is 11.4 Å². The monoisotopic (exact) mass is 364 g/mol. The van der Waals surface area contributed by atoms with Crippen molar-refractivity contribution in [2.45, 2.75) is 50.6 Å². The van der Waals surface area contributed by atoms with Crippen molar-refractivity contribution in [3.05, 3.63) is 16.8 Å². The second kappa shape index (κ2) is 7.48. The maximum atomic E-state index is 11.9. The summed E-state index contributed by atoms with van der Waals surface area (Å²) in [6.45, 7) is 3.69. The molecule has 1 aliphatic rings. The second-order valence-corrected chi connectivity index (χ2v) is 8.08. The molecule has 128 valence electrons. The van der Waals surface area contributed by atoms with Gasteiger partial charge in [-0.1, -0.05) is 11.8 Å². The van der Waals surface area contributed by atoms with E-state index < -0.39 is 6.03 Å². The predicted octanol–water partition coefficient (Wildman–Crippen LogP) is 2.90. The van der Waals surface area contributed by atoms with Gasteiger partial charge >= 0.3 is 6.03 Å². The number of carbonyl (C=O) groups excluding carboxylic acids is 2. The number of thiophene rings is 1. The Balaban J connectivity index is 1.70. The Hall–Kier alpha value is -1.67. The van der Waals surface area contributed by atoms with E-state index in [1.807, 2.05) is 13.8 Å². The second-order valence-electron chi connectivity index (χ2n) is 6.03. The van der Waals surface area contributed by atoms with E-state index in [0.29, 0.717) is 0 Å². The molecule has 2 N–H and O–H groups in total. The van der Waals surface area contributed by atoms with Gasteiger partial charge in [-0.05, 0) is 45.1 Å². The number of carbonyl (C=O) groups is 2. The molecule has 0 fully saturated rings. The van der Waals surface area contributed by atoms with Gasteiger partial charge in [-0.25, -0.2) is 14.8 Å². The summed E-state index contributed by atoms with van der Waals surface area (Å²) in [7, 11) is 0. The first-order valence-electron chi connectivity index (χ1n) is 8.03. The zero-order valence-corrected chi connectivity index (χ0v) is 15.4. The van der Waals surface area contributed by atoms with Crippen molar-refractivity contribution in [1.29, 1.82) is 0 Å². The summed E-state index contributed by atoms with van der Waals surface area (Å²) in [4.78, 5) is 34.6. The molecule has 1 aliphatic carbocycles. The number of urea groups is 1. The number of nitrogens with zero attached hydrogens (tertiary/aromatic N) is 2. The van der Waals surface area contributed by atoms with Crippen molar-refractivity contribution >= 4 is 45.3 Å². The highest BCUT2D eigenvalue weighted by Crippen LogP contribution is 2.39. The average molecular weight is 364 g/mol. The van der Waals surface area contributed by atoms with E-state index in [1.165, 1.54) is 35.0 Å². The molecule has 2 aromatic heterocycles. The van der Waals surface area contributed by atoms with E-state index in [1.54, 1.807) is 17.7 Å². The Morgan fingerprint density at radius 2 is 2.08 bits per heavy atom. The number of amides is 3. The molecular formula is C16H20N4O2S2. The lowest BCUT2D eigenvalue weighted by Gasteiger charge is -2.11. The number of fused-ring (bicyclic) bond motifs is 3. The minimum Gasteiger partial charge on any atom is -0.336 e. The molecule has 0 saturated heterocycles. The minimum atomic E-state index is -0.462. The smallest absolute Gasteiger partial charge is 0.321 e. The molecule has 3 amide bonds. The van der Waals surface area contributed by atoms with E-state index >= 15 is 0 Å². The molecule has 0 aliphatic heterocycles. The number of rotatable bonds is 4. The fraction of sp³-hybridized carbons (Fsp3) is 0.500. The number of aromatic nitrogens is 2. The molecule has 24 heavy (non-hydrogen) atoms. The zero-order valence-electron chi connectivity index (χ0n) is 13.7. The summed E-state index contributed by atoms with van der Waals surface area (Å²) in [5.41, 5.74) is 1.35. The summed E-state index contributed by atoms with van der Waals surface area (Å²) in [5.74, 6) is -0.170. The van der Waals surface area contributed by atoms with Gasteiger partial charge in [-0.3, -0.25) is 10.1 Å². The normalized spacial score (nSPS) is 13.8. The first-order valence-corrected chi connectivity index (χ1v) is 9.83. The Kier molecular flexibility index (Phi) is 5.35. The summed E-state index contributed by atoms with van der Waals surface area (Å²) < 4.78 is 0. The Morgan fingerprint density at radius 3 is 2.88 bits per heavy atom. The summed E-state index contributed by atoms with van der Waals surface area (Å²) in [6.07, 6.45) is 6.13. The molecular weight excluding hydrogens is 344 g/mol. The molecule has 0 aromatic carbocycles. The Bertz CT molecular complexity index is 773. The number of aryl methyl sites for hydroxylation is 2. The van der Waals surface area contributed by atoms with E-state index in [0.717, 1.165) is 28.1 Å². The third kappa shape index (κ3) is 3.87. The van der Waals surface area contributed by atoms with E-state index in [2.05, 4.69) is 20.6 Å². The first kappa shape index (κ1) is 17.2. The largest absolute Gasteiger partial charge is 0.336 e. The number of hydrogen-bond donors (Lipinski definition) is 2. The van der Waals surface area contributed by atoms with Gasteiger partial charge in [0.2, 0.25) is 5.91 Å². The molecule has 2 heterocycles. The topological polar surface area (TPSA) is 84.0 Å². The van der Waals surface area contributed by atoms with Crippen LogP contribution in [0.2, 0.25) is 0 Å². The van der Waals surface area contributed by atoms with Crippen LogP contribution in [-0.2, 0) is 17.6 Å². The maximum absolute atomic E-state index is 11.9. The number of imide groups is 1. The number of hydrogen-bond acceptors (Lipinski definition) is 6. The van der Waals surface area contributed by atoms with Crippen molar-refractivity contribution in [3.8, 4) is 0 Å². The van der Waals surface area contributed by atoms with Gasteiger partial charge in [0, 0.05) is 16.3 Å². The third-order valence-electron chi connectivity index (χ3n) is 3.73. The molecule has 0 atom stereocenters. The van der Waals surface area contributed by atoms with Crippen LogP contribution in [0, 0.1) is 0 Å². The number of thioether (sulfide) groups is 1. The van der Waals surface area contributed by atoms with E-state index in [9.17, 15) is 9.59 Å². The van der Waals surface area contributed by atoms with Crippen LogP contribution in [0.25, 0.3) is 10.2 Å². The molecule has 6 nitrogen and oxygen atoms in total. The van der Waals surface area contributed by atoms with Crippen LogP contribution in [0.1, 0.15) is 37.1 Å². The van der Waals surface area contributed by atoms with Crippen molar-refractivity contribution < 1.29 is 9.59 Å². The van der Waals surface area contributed by atoms with Crippen LogP contribution >= 0.6 is 23.1 Å². The van der Waals surface area contributed by atoms with Gasteiger partial charge < -0.3 is 5.32 Å². The maximum Gasteiger partial charge on any atom is 0.321 e. The molecule has 0 spiro atoms. The molecule has 0 radical (unpaired) electrons. The Labute approximate surface area is 148 Å². The quantitative estimate of drug-likeness (QED) is 0.644. The van der Waals surface area contributed by atoms with Gasteiger partial charge in [0.15, 0.2) is 0 Å². The summed E-state index contributed by atoms with van der Waals surface area (Å²) in [5, 5.41) is 6.90. The lowest BCUT2D eigenvalue weighted by atomic mass is 9.97. The number of nitrogens with one attached hydrogen (secondary N) is 2. The van der Waals surface area contributed by atoms with Crippen LogP contribution < -0.4 is 10.6 Å². The highest BCUT2D eigenvalue weighted by atomic mass is 32.2. The minimum absolute atomic E-state index is 0.00993. The van der Waals surface area contributed by atoms with Gasteiger partial charge in [0.1, 0.15) is 16.2 Å². The van der Waals surface area contributed by atoms with Crippen molar-refractivity contribution in [3.63, 3.8) is 0 Å². The zero-order chi connectivity index (χ0) is 17.1. The van der Waals surface area contributed by atoms with Crippen LogP contribution in [0.4, 0.5) is 4.79 Å². The third-order valence-corrected chi connectivity index (χ3v) is 5.92. The summed E-state index contributed by atoms with van der Waals surface area (Å²) >= 11 is 3.10. The standard InChI is InChI=1S/C16H20N4O2S2/c1-9(2)19-16(22)20-12(21)7-23-14-13-10-5-3-4-6-11(10)24-15(13)18-8-17-14/h8-9H,3-7H2,1-2H3,(H2,19,20,21,22). The molecule has 0 unspecified atom stereocenters. The van der Waals surface area contributed by atoms with Crippen LogP contribution in [0.3, 0.4) is 0 Å². The van der Waals surface area contributed by atoms with Crippen molar-refractivity contribution in [1.82, 2.24) is 20.6 Å².